The average molecular weight is 192 g/mol. The van der Waals surface area contributed by atoms with Crippen LogP contribution < -0.4 is 0 Å². The van der Waals surface area contributed by atoms with E-state index < -0.39 is 0 Å². The summed E-state index contributed by atoms with van der Waals surface area (Å²) in [5.41, 5.74) is 2.90. The van der Waals surface area contributed by atoms with Gasteiger partial charge in [-0.25, -0.2) is 0 Å². The minimum absolute atomic E-state index is 0.694. The number of rotatable bonds is 2. The van der Waals surface area contributed by atoms with Crippen molar-refractivity contribution < 1.29 is 0 Å². The standard InChI is InChI=1S/C14H10N/c15-11-14-8-4-7-13(10-14)9-12-5-2-1-3-6-12/h1-10H. The van der Waals surface area contributed by atoms with Crippen LogP contribution in [0.4, 0.5) is 0 Å². The normalized spacial score (nSPS) is 9.53. The fourth-order valence-electron chi connectivity index (χ4n) is 1.44. The molecule has 0 saturated heterocycles. The maximum Gasteiger partial charge on any atom is 0.0991 e. The summed E-state index contributed by atoms with van der Waals surface area (Å²) < 4.78 is 0. The molecule has 2 rings (SSSR count). The number of hydrogen-bond donors (Lipinski definition) is 0. The van der Waals surface area contributed by atoms with Crippen molar-refractivity contribution in [2.24, 2.45) is 0 Å². The minimum atomic E-state index is 0.694. The molecule has 0 aliphatic heterocycles. The highest BCUT2D eigenvalue weighted by Crippen LogP contribution is 2.12. The first-order chi connectivity index (χ1) is 7.38. The Hall–Kier alpha value is -2.07. The van der Waals surface area contributed by atoms with E-state index in [2.05, 4.69) is 12.5 Å². The van der Waals surface area contributed by atoms with Gasteiger partial charge in [0.1, 0.15) is 0 Å². The van der Waals surface area contributed by atoms with Gasteiger partial charge in [-0.3, -0.25) is 0 Å². The third-order valence-electron chi connectivity index (χ3n) is 2.15. The third kappa shape index (κ3) is 2.45. The molecule has 0 amide bonds. The van der Waals surface area contributed by atoms with Crippen LogP contribution in [-0.4, -0.2) is 0 Å². The summed E-state index contributed by atoms with van der Waals surface area (Å²) in [6, 6.07) is 19.8. The largest absolute Gasteiger partial charge is 0.192 e. The Labute approximate surface area is 89.6 Å². The van der Waals surface area contributed by atoms with Gasteiger partial charge >= 0.3 is 0 Å². The molecule has 0 bridgehead atoms. The summed E-state index contributed by atoms with van der Waals surface area (Å²) in [6.07, 6.45) is 2.06. The predicted molar refractivity (Wildman–Crippen MR) is 60.1 cm³/mol. The molecule has 0 saturated carbocycles. The van der Waals surface area contributed by atoms with Gasteiger partial charge in [0.05, 0.1) is 11.6 Å². The Morgan fingerprint density at radius 2 is 1.60 bits per heavy atom. The number of nitrogens with zero attached hydrogens (tertiary/aromatic N) is 1. The zero-order valence-corrected chi connectivity index (χ0v) is 8.22. The Balaban J connectivity index is 2.22. The van der Waals surface area contributed by atoms with Gasteiger partial charge in [-0.05, 0) is 23.3 Å². The summed E-state index contributed by atoms with van der Waals surface area (Å²) in [4.78, 5) is 0. The lowest BCUT2D eigenvalue weighted by Gasteiger charge is -2.00. The van der Waals surface area contributed by atoms with E-state index in [1.165, 1.54) is 0 Å². The summed E-state index contributed by atoms with van der Waals surface area (Å²) in [5.74, 6) is 0. The van der Waals surface area contributed by atoms with Crippen LogP contribution >= 0.6 is 0 Å². The molecule has 0 aliphatic rings. The van der Waals surface area contributed by atoms with Crippen LogP contribution in [0.2, 0.25) is 0 Å². The predicted octanol–water partition coefficient (Wildman–Crippen LogP) is 3.16. The molecule has 0 N–H and O–H groups in total. The quantitative estimate of drug-likeness (QED) is 0.717. The van der Waals surface area contributed by atoms with E-state index in [0.29, 0.717) is 5.56 Å². The average Bonchev–Trinajstić information content (AvgIpc) is 2.31. The maximum atomic E-state index is 8.76. The molecule has 0 aromatic heterocycles. The van der Waals surface area contributed by atoms with Crippen molar-refractivity contribution in [3.8, 4) is 6.07 Å². The van der Waals surface area contributed by atoms with Crippen LogP contribution in [0.3, 0.4) is 0 Å². The molecule has 2 aromatic carbocycles. The molecule has 0 spiro atoms. The summed E-state index contributed by atoms with van der Waals surface area (Å²) in [5, 5.41) is 8.76. The molecular formula is C14H10N. The lowest BCUT2D eigenvalue weighted by atomic mass is 10.0. The smallest absolute Gasteiger partial charge is 0.0991 e. The third-order valence-corrected chi connectivity index (χ3v) is 2.15. The van der Waals surface area contributed by atoms with Crippen LogP contribution in [-0.2, 0) is 0 Å². The molecule has 0 atom stereocenters. The number of hydrogen-bond acceptors (Lipinski definition) is 1. The molecule has 0 aliphatic carbocycles. The van der Waals surface area contributed by atoms with Crippen molar-refractivity contribution in [1.29, 1.82) is 5.26 Å². The molecule has 71 valence electrons. The van der Waals surface area contributed by atoms with Crippen LogP contribution in [0.15, 0.2) is 54.6 Å². The lowest BCUT2D eigenvalue weighted by molar-refractivity contribution is 1.41. The highest BCUT2D eigenvalue weighted by Gasteiger charge is 1.97. The minimum Gasteiger partial charge on any atom is -0.192 e. The van der Waals surface area contributed by atoms with Crippen molar-refractivity contribution >= 4 is 0 Å². The van der Waals surface area contributed by atoms with Crippen LogP contribution in [0.25, 0.3) is 0 Å². The zero-order chi connectivity index (χ0) is 10.5. The van der Waals surface area contributed by atoms with Gasteiger partial charge in [-0.15, -0.1) is 0 Å². The molecule has 1 radical (unpaired) electrons. The van der Waals surface area contributed by atoms with Gasteiger partial charge in [0, 0.05) is 6.42 Å². The van der Waals surface area contributed by atoms with Gasteiger partial charge < -0.3 is 0 Å². The van der Waals surface area contributed by atoms with Crippen LogP contribution in [0, 0.1) is 17.8 Å². The van der Waals surface area contributed by atoms with Crippen molar-refractivity contribution in [1.82, 2.24) is 0 Å². The second-order valence-corrected chi connectivity index (χ2v) is 3.29. The molecule has 2 aromatic rings. The van der Waals surface area contributed by atoms with Gasteiger partial charge in [-0.1, -0.05) is 42.5 Å². The van der Waals surface area contributed by atoms with Crippen molar-refractivity contribution in [2.75, 3.05) is 0 Å². The SMILES string of the molecule is N#Cc1cccc([CH]c2ccccc2)c1. The fraction of sp³-hybridized carbons (Fsp3) is 0. The van der Waals surface area contributed by atoms with Crippen molar-refractivity contribution in [3.05, 3.63) is 77.7 Å². The van der Waals surface area contributed by atoms with E-state index >= 15 is 0 Å². The Kier molecular flexibility index (Phi) is 2.80. The molecule has 15 heavy (non-hydrogen) atoms. The fourth-order valence-corrected chi connectivity index (χ4v) is 1.44. The first-order valence-electron chi connectivity index (χ1n) is 4.78. The summed E-state index contributed by atoms with van der Waals surface area (Å²) in [6.45, 7) is 0. The highest BCUT2D eigenvalue weighted by atomic mass is 14.2. The lowest BCUT2D eigenvalue weighted by Crippen LogP contribution is -1.85. The molecule has 0 fully saturated rings. The van der Waals surface area contributed by atoms with E-state index in [9.17, 15) is 0 Å². The molecule has 0 unspecified atom stereocenters. The second-order valence-electron chi connectivity index (χ2n) is 3.29. The first-order valence-corrected chi connectivity index (χ1v) is 4.78. The number of nitriles is 1. The number of benzene rings is 2. The summed E-state index contributed by atoms with van der Waals surface area (Å²) >= 11 is 0. The van der Waals surface area contributed by atoms with Crippen LogP contribution in [0.1, 0.15) is 16.7 Å². The molecule has 0 heterocycles. The molecule has 1 nitrogen and oxygen atoms in total. The second kappa shape index (κ2) is 4.43. The highest BCUT2D eigenvalue weighted by molar-refractivity contribution is 5.41. The van der Waals surface area contributed by atoms with Crippen molar-refractivity contribution in [3.63, 3.8) is 0 Å². The molecule has 1 heteroatoms. The first kappa shape index (κ1) is 9.48. The van der Waals surface area contributed by atoms with E-state index in [-0.39, 0.29) is 0 Å². The van der Waals surface area contributed by atoms with Crippen LogP contribution in [0.5, 0.6) is 0 Å². The Morgan fingerprint density at radius 3 is 2.33 bits per heavy atom. The topological polar surface area (TPSA) is 23.8 Å². The van der Waals surface area contributed by atoms with Gasteiger partial charge in [0.2, 0.25) is 0 Å². The van der Waals surface area contributed by atoms with Gasteiger partial charge in [0.15, 0.2) is 0 Å². The van der Waals surface area contributed by atoms with Crippen molar-refractivity contribution in [2.45, 2.75) is 0 Å². The Bertz CT molecular complexity index is 480. The maximum absolute atomic E-state index is 8.76. The monoisotopic (exact) mass is 192 g/mol. The van der Waals surface area contributed by atoms with Gasteiger partial charge in [0.25, 0.3) is 0 Å². The van der Waals surface area contributed by atoms with Gasteiger partial charge in [-0.2, -0.15) is 5.26 Å². The molecular weight excluding hydrogens is 182 g/mol. The van der Waals surface area contributed by atoms with E-state index in [1.807, 2.05) is 54.6 Å². The van der Waals surface area contributed by atoms with E-state index in [1.54, 1.807) is 0 Å². The van der Waals surface area contributed by atoms with E-state index in [4.69, 9.17) is 5.26 Å². The zero-order valence-electron chi connectivity index (χ0n) is 8.22. The summed E-state index contributed by atoms with van der Waals surface area (Å²) in [7, 11) is 0. The van der Waals surface area contributed by atoms with E-state index in [0.717, 1.165) is 11.1 Å². The Morgan fingerprint density at radius 1 is 0.867 bits per heavy atom.